The third-order valence-electron chi connectivity index (χ3n) is 3.74. The zero-order valence-electron chi connectivity index (χ0n) is 14.2. The van der Waals surface area contributed by atoms with Crippen LogP contribution in [0.25, 0.3) is 0 Å². The Morgan fingerprint density at radius 3 is 2.88 bits per heavy atom. The number of anilines is 1. The van der Waals surface area contributed by atoms with E-state index in [1.54, 1.807) is 23.6 Å². The van der Waals surface area contributed by atoms with Crippen molar-refractivity contribution in [2.24, 2.45) is 7.05 Å². The Morgan fingerprint density at radius 1 is 1.38 bits per heavy atom. The fraction of sp³-hybridized carbons (Fsp3) is 0.412. The molecule has 1 N–H and O–H groups in total. The Hall–Kier alpha value is -2.15. The number of carbonyl (C=O) groups excluding carboxylic acids is 1. The number of hydrogen-bond acceptors (Lipinski definition) is 5. The lowest BCUT2D eigenvalue weighted by atomic mass is 10.1. The van der Waals surface area contributed by atoms with Crippen LogP contribution in [0, 0.1) is 0 Å². The maximum atomic E-state index is 12.0. The first-order chi connectivity index (χ1) is 11.5. The summed E-state index contributed by atoms with van der Waals surface area (Å²) in [6, 6.07) is 5.91. The van der Waals surface area contributed by atoms with Crippen LogP contribution in [0.3, 0.4) is 0 Å². The van der Waals surface area contributed by atoms with Crippen LogP contribution >= 0.6 is 11.8 Å². The van der Waals surface area contributed by atoms with Crippen molar-refractivity contribution in [2.75, 3.05) is 18.2 Å². The smallest absolute Gasteiger partial charge is 0.235 e. The molecule has 1 aromatic carbocycles. The number of aryl methyl sites for hydroxylation is 1. The zero-order valence-corrected chi connectivity index (χ0v) is 15.0. The van der Waals surface area contributed by atoms with Crippen molar-refractivity contribution in [2.45, 2.75) is 25.2 Å². The van der Waals surface area contributed by atoms with E-state index in [2.05, 4.69) is 10.4 Å². The van der Waals surface area contributed by atoms with Gasteiger partial charge in [-0.3, -0.25) is 9.48 Å². The number of thioether (sulfide) groups is 1. The van der Waals surface area contributed by atoms with E-state index < -0.39 is 0 Å². The SMILES string of the molecule is COc1cc([C@H]2SCC(=O)Nc3c2cnn3C)ccc1OC(C)C. The predicted octanol–water partition coefficient (Wildman–Crippen LogP) is 2.99. The van der Waals surface area contributed by atoms with Gasteiger partial charge in [-0.25, -0.2) is 0 Å². The van der Waals surface area contributed by atoms with Crippen molar-refractivity contribution < 1.29 is 14.3 Å². The molecule has 0 bridgehead atoms. The number of rotatable bonds is 4. The van der Waals surface area contributed by atoms with Crippen molar-refractivity contribution in [3.05, 3.63) is 35.5 Å². The highest BCUT2D eigenvalue weighted by Crippen LogP contribution is 2.43. The van der Waals surface area contributed by atoms with E-state index in [4.69, 9.17) is 9.47 Å². The summed E-state index contributed by atoms with van der Waals surface area (Å²) < 4.78 is 13.0. The summed E-state index contributed by atoms with van der Waals surface area (Å²) in [5.41, 5.74) is 2.05. The topological polar surface area (TPSA) is 65.4 Å². The third kappa shape index (κ3) is 3.21. The number of amides is 1. The number of aromatic nitrogens is 2. The van der Waals surface area contributed by atoms with Crippen LogP contribution in [0.5, 0.6) is 11.5 Å². The summed E-state index contributed by atoms with van der Waals surface area (Å²) in [5.74, 6) is 2.54. The van der Waals surface area contributed by atoms with E-state index >= 15 is 0 Å². The fourth-order valence-corrected chi connectivity index (χ4v) is 3.77. The van der Waals surface area contributed by atoms with Crippen LogP contribution in [-0.4, -0.2) is 34.7 Å². The molecule has 1 amide bonds. The van der Waals surface area contributed by atoms with E-state index in [0.717, 1.165) is 22.7 Å². The molecule has 0 saturated heterocycles. The number of methoxy groups -OCH3 is 1. The van der Waals surface area contributed by atoms with Gasteiger partial charge >= 0.3 is 0 Å². The van der Waals surface area contributed by atoms with Crippen molar-refractivity contribution in [3.63, 3.8) is 0 Å². The van der Waals surface area contributed by atoms with Crippen LogP contribution in [0.4, 0.5) is 5.82 Å². The zero-order chi connectivity index (χ0) is 17.3. The van der Waals surface area contributed by atoms with Gasteiger partial charge in [-0.05, 0) is 31.5 Å². The quantitative estimate of drug-likeness (QED) is 0.921. The third-order valence-corrected chi connectivity index (χ3v) is 5.03. The van der Waals surface area contributed by atoms with Crippen LogP contribution in [0.2, 0.25) is 0 Å². The summed E-state index contributed by atoms with van der Waals surface area (Å²) in [5, 5.41) is 7.21. The lowest BCUT2D eigenvalue weighted by Gasteiger charge is -2.18. The van der Waals surface area contributed by atoms with Gasteiger partial charge in [0.25, 0.3) is 0 Å². The van der Waals surface area contributed by atoms with Gasteiger partial charge in [-0.15, -0.1) is 11.8 Å². The Labute approximate surface area is 145 Å². The molecule has 128 valence electrons. The summed E-state index contributed by atoms with van der Waals surface area (Å²) >= 11 is 1.58. The van der Waals surface area contributed by atoms with Gasteiger partial charge in [-0.2, -0.15) is 5.10 Å². The van der Waals surface area contributed by atoms with E-state index in [1.807, 2.05) is 45.3 Å². The minimum atomic E-state index is -0.0147. The second kappa shape index (κ2) is 6.76. The van der Waals surface area contributed by atoms with Crippen molar-refractivity contribution in [1.29, 1.82) is 0 Å². The van der Waals surface area contributed by atoms with Gasteiger partial charge in [0.1, 0.15) is 5.82 Å². The molecule has 0 saturated carbocycles. The number of nitrogens with one attached hydrogen (secondary N) is 1. The monoisotopic (exact) mass is 347 g/mol. The number of carbonyl (C=O) groups is 1. The van der Waals surface area contributed by atoms with Crippen molar-refractivity contribution in [3.8, 4) is 11.5 Å². The Morgan fingerprint density at radius 2 is 2.17 bits per heavy atom. The molecule has 24 heavy (non-hydrogen) atoms. The predicted molar refractivity (Wildman–Crippen MR) is 94.9 cm³/mol. The van der Waals surface area contributed by atoms with Crippen LogP contribution in [-0.2, 0) is 11.8 Å². The Kier molecular flexibility index (Phi) is 4.71. The molecular weight excluding hydrogens is 326 g/mol. The molecule has 0 fully saturated rings. The largest absolute Gasteiger partial charge is 0.493 e. The van der Waals surface area contributed by atoms with Gasteiger partial charge in [-0.1, -0.05) is 6.07 Å². The molecule has 1 atom stereocenters. The molecule has 0 radical (unpaired) electrons. The van der Waals surface area contributed by atoms with E-state index in [9.17, 15) is 4.79 Å². The van der Waals surface area contributed by atoms with Gasteiger partial charge in [0.05, 0.1) is 30.4 Å². The molecule has 0 spiro atoms. The molecule has 7 heteroatoms. The van der Waals surface area contributed by atoms with Gasteiger partial charge < -0.3 is 14.8 Å². The number of benzene rings is 1. The average molecular weight is 347 g/mol. The molecule has 6 nitrogen and oxygen atoms in total. The lowest BCUT2D eigenvalue weighted by molar-refractivity contribution is -0.113. The summed E-state index contributed by atoms with van der Waals surface area (Å²) in [7, 11) is 3.46. The standard InChI is InChI=1S/C17H21N3O3S/c1-10(2)23-13-6-5-11(7-14(13)22-4)16-12-8-18-20(3)17(12)19-15(21)9-24-16/h5-8,10,16H,9H2,1-4H3,(H,19,21)/t16-/m1/s1. The Balaban J connectivity index is 2.00. The number of fused-ring (bicyclic) bond motifs is 1. The highest BCUT2D eigenvalue weighted by Gasteiger charge is 2.27. The maximum Gasteiger partial charge on any atom is 0.235 e. The van der Waals surface area contributed by atoms with Crippen molar-refractivity contribution >= 4 is 23.5 Å². The molecule has 2 heterocycles. The van der Waals surface area contributed by atoms with Crippen LogP contribution in [0.1, 0.15) is 30.2 Å². The highest BCUT2D eigenvalue weighted by atomic mass is 32.2. The summed E-state index contributed by atoms with van der Waals surface area (Å²) in [6.07, 6.45) is 1.88. The Bertz CT molecular complexity index is 758. The molecule has 1 aromatic heterocycles. The van der Waals surface area contributed by atoms with Crippen molar-refractivity contribution in [1.82, 2.24) is 9.78 Å². The molecule has 0 aliphatic carbocycles. The van der Waals surface area contributed by atoms with Gasteiger partial charge in [0.15, 0.2) is 11.5 Å². The first-order valence-electron chi connectivity index (χ1n) is 7.77. The highest BCUT2D eigenvalue weighted by molar-refractivity contribution is 8.00. The minimum Gasteiger partial charge on any atom is -0.493 e. The number of ether oxygens (including phenoxy) is 2. The van der Waals surface area contributed by atoms with E-state index in [1.165, 1.54) is 0 Å². The average Bonchev–Trinajstić information content (AvgIpc) is 2.80. The number of hydrogen-bond donors (Lipinski definition) is 1. The molecule has 1 aliphatic heterocycles. The first kappa shape index (κ1) is 16.7. The first-order valence-corrected chi connectivity index (χ1v) is 8.82. The number of nitrogens with zero attached hydrogens (tertiary/aromatic N) is 2. The van der Waals surface area contributed by atoms with Crippen LogP contribution < -0.4 is 14.8 Å². The second-order valence-corrected chi connectivity index (χ2v) is 6.98. The molecule has 3 rings (SSSR count). The minimum absolute atomic E-state index is 0.00894. The summed E-state index contributed by atoms with van der Waals surface area (Å²) in [6.45, 7) is 3.96. The molecule has 2 aromatic rings. The lowest BCUT2D eigenvalue weighted by Crippen LogP contribution is -2.15. The van der Waals surface area contributed by atoms with E-state index in [-0.39, 0.29) is 17.3 Å². The van der Waals surface area contributed by atoms with Crippen LogP contribution in [0.15, 0.2) is 24.4 Å². The van der Waals surface area contributed by atoms with Gasteiger partial charge in [0, 0.05) is 12.6 Å². The second-order valence-electron chi connectivity index (χ2n) is 5.89. The molecule has 1 aliphatic rings. The molecule has 0 unspecified atom stereocenters. The normalized spacial score (nSPS) is 17.2. The molecular formula is C17H21N3O3S. The fourth-order valence-electron chi connectivity index (χ4n) is 2.69. The van der Waals surface area contributed by atoms with Gasteiger partial charge in [0.2, 0.25) is 5.91 Å². The summed E-state index contributed by atoms with van der Waals surface area (Å²) in [4.78, 5) is 12.0. The van der Waals surface area contributed by atoms with E-state index in [0.29, 0.717) is 11.5 Å². The maximum absolute atomic E-state index is 12.0.